The van der Waals surface area contributed by atoms with Gasteiger partial charge in [-0.2, -0.15) is 0 Å². The van der Waals surface area contributed by atoms with Crippen molar-refractivity contribution in [2.24, 2.45) is 0 Å². The maximum atomic E-state index is 9.39. The lowest BCUT2D eigenvalue weighted by atomic mass is 10.1. The number of nitrogens with zero attached hydrogens (tertiary/aromatic N) is 2. The molecule has 0 aromatic carbocycles. The van der Waals surface area contributed by atoms with Crippen LogP contribution in [-0.2, 0) is 0 Å². The largest absolute Gasteiger partial charge is 0.389 e. The molecule has 1 unspecified atom stereocenters. The number of anilines is 1. The monoisotopic (exact) mass is 222 g/mol. The molecule has 90 valence electrons. The lowest BCUT2D eigenvalue weighted by Gasteiger charge is -2.25. The molecule has 0 bridgehead atoms. The van der Waals surface area contributed by atoms with Gasteiger partial charge in [0.1, 0.15) is 5.82 Å². The number of hydrogen-bond donors (Lipinski definition) is 1. The van der Waals surface area contributed by atoms with E-state index >= 15 is 0 Å². The van der Waals surface area contributed by atoms with Crippen molar-refractivity contribution in [2.75, 3.05) is 11.9 Å². The number of pyridine rings is 1. The minimum absolute atomic E-state index is 0.445. The first kappa shape index (κ1) is 13.0. The van der Waals surface area contributed by atoms with Crippen LogP contribution in [0.3, 0.4) is 0 Å². The van der Waals surface area contributed by atoms with Crippen LogP contribution in [0.4, 0.5) is 5.82 Å². The fraction of sp³-hybridized carbons (Fsp3) is 0.615. The van der Waals surface area contributed by atoms with E-state index < -0.39 is 6.10 Å². The standard InChI is InChI=1S/C13H22N2O/c1-5-6-10(2)15(4)13-8-7-12(9-14-13)11(3)16/h7-11,16H,5-6H2,1-4H3/t10?,11-/m1/s1. The summed E-state index contributed by atoms with van der Waals surface area (Å²) in [4.78, 5) is 6.55. The summed E-state index contributed by atoms with van der Waals surface area (Å²) in [5.74, 6) is 0.963. The molecule has 0 fully saturated rings. The van der Waals surface area contributed by atoms with Crippen molar-refractivity contribution < 1.29 is 5.11 Å². The van der Waals surface area contributed by atoms with Crippen molar-refractivity contribution in [3.8, 4) is 0 Å². The van der Waals surface area contributed by atoms with Crippen molar-refractivity contribution in [3.63, 3.8) is 0 Å². The van der Waals surface area contributed by atoms with Crippen molar-refractivity contribution in [1.29, 1.82) is 0 Å². The average molecular weight is 222 g/mol. The predicted molar refractivity (Wildman–Crippen MR) is 67.6 cm³/mol. The Hall–Kier alpha value is -1.09. The molecule has 1 aromatic rings. The van der Waals surface area contributed by atoms with E-state index in [1.165, 1.54) is 6.42 Å². The minimum atomic E-state index is -0.445. The van der Waals surface area contributed by atoms with E-state index in [1.807, 2.05) is 12.1 Å². The van der Waals surface area contributed by atoms with E-state index in [0.29, 0.717) is 6.04 Å². The number of rotatable bonds is 5. The van der Waals surface area contributed by atoms with Crippen LogP contribution in [0.2, 0.25) is 0 Å². The number of aromatic nitrogens is 1. The van der Waals surface area contributed by atoms with Gasteiger partial charge in [0.15, 0.2) is 0 Å². The third-order valence-corrected chi connectivity index (χ3v) is 2.98. The lowest BCUT2D eigenvalue weighted by molar-refractivity contribution is 0.199. The van der Waals surface area contributed by atoms with Gasteiger partial charge in [0, 0.05) is 19.3 Å². The van der Waals surface area contributed by atoms with Crippen LogP contribution in [-0.4, -0.2) is 23.2 Å². The van der Waals surface area contributed by atoms with Crippen molar-refractivity contribution >= 4 is 5.82 Å². The summed E-state index contributed by atoms with van der Waals surface area (Å²) >= 11 is 0. The molecule has 0 saturated carbocycles. The average Bonchev–Trinajstić information content (AvgIpc) is 2.28. The van der Waals surface area contributed by atoms with E-state index in [9.17, 15) is 5.11 Å². The molecule has 0 radical (unpaired) electrons. The Labute approximate surface area is 98.1 Å². The van der Waals surface area contributed by atoms with Crippen molar-refractivity contribution in [2.45, 2.75) is 45.8 Å². The first-order valence-electron chi connectivity index (χ1n) is 5.93. The molecule has 2 atom stereocenters. The van der Waals surface area contributed by atoms with Crippen molar-refractivity contribution in [3.05, 3.63) is 23.9 Å². The van der Waals surface area contributed by atoms with Crippen LogP contribution in [0, 0.1) is 0 Å². The number of aliphatic hydroxyl groups is 1. The summed E-state index contributed by atoms with van der Waals surface area (Å²) in [6.45, 7) is 6.14. The zero-order valence-corrected chi connectivity index (χ0v) is 10.6. The Morgan fingerprint density at radius 1 is 1.38 bits per heavy atom. The number of aliphatic hydroxyl groups excluding tert-OH is 1. The second kappa shape index (κ2) is 5.85. The van der Waals surface area contributed by atoms with E-state index in [0.717, 1.165) is 17.8 Å². The maximum absolute atomic E-state index is 9.39. The molecule has 1 aromatic heterocycles. The summed E-state index contributed by atoms with van der Waals surface area (Å²) in [6, 6.07) is 4.39. The first-order valence-corrected chi connectivity index (χ1v) is 5.93. The molecule has 0 spiro atoms. The van der Waals surface area contributed by atoms with Gasteiger partial charge in [-0.15, -0.1) is 0 Å². The third-order valence-electron chi connectivity index (χ3n) is 2.98. The normalized spacial score (nSPS) is 14.6. The molecule has 3 nitrogen and oxygen atoms in total. The fourth-order valence-corrected chi connectivity index (χ4v) is 1.69. The zero-order valence-electron chi connectivity index (χ0n) is 10.6. The van der Waals surface area contributed by atoms with Crippen LogP contribution in [0.5, 0.6) is 0 Å². The highest BCUT2D eigenvalue weighted by Gasteiger charge is 2.10. The molecule has 0 aliphatic heterocycles. The fourth-order valence-electron chi connectivity index (χ4n) is 1.69. The maximum Gasteiger partial charge on any atom is 0.128 e. The molecule has 0 aliphatic carbocycles. The summed E-state index contributed by atoms with van der Waals surface area (Å²) in [5, 5.41) is 9.39. The number of hydrogen-bond acceptors (Lipinski definition) is 3. The van der Waals surface area contributed by atoms with Crippen LogP contribution in [0.15, 0.2) is 18.3 Å². The second-order valence-corrected chi connectivity index (χ2v) is 4.37. The van der Waals surface area contributed by atoms with Crippen LogP contribution in [0.25, 0.3) is 0 Å². The highest BCUT2D eigenvalue weighted by molar-refractivity contribution is 5.39. The quantitative estimate of drug-likeness (QED) is 0.832. The smallest absolute Gasteiger partial charge is 0.128 e. The Morgan fingerprint density at radius 3 is 2.50 bits per heavy atom. The van der Waals surface area contributed by atoms with Gasteiger partial charge in [-0.25, -0.2) is 4.98 Å². The Balaban J connectivity index is 2.73. The minimum Gasteiger partial charge on any atom is -0.389 e. The SMILES string of the molecule is CCCC(C)N(C)c1ccc([C@@H](C)O)cn1. The topological polar surface area (TPSA) is 36.4 Å². The Kier molecular flexibility index (Phi) is 4.74. The van der Waals surface area contributed by atoms with Gasteiger partial charge in [0.2, 0.25) is 0 Å². The molecule has 16 heavy (non-hydrogen) atoms. The first-order chi connectivity index (χ1) is 7.56. The Morgan fingerprint density at radius 2 is 2.06 bits per heavy atom. The Bertz CT molecular complexity index is 308. The van der Waals surface area contributed by atoms with Gasteiger partial charge in [-0.3, -0.25) is 0 Å². The lowest BCUT2D eigenvalue weighted by Crippen LogP contribution is -2.29. The molecule has 0 saturated heterocycles. The second-order valence-electron chi connectivity index (χ2n) is 4.37. The van der Waals surface area contributed by atoms with Crippen LogP contribution in [0.1, 0.15) is 45.3 Å². The summed E-state index contributed by atoms with van der Waals surface area (Å²) in [6.07, 6.45) is 3.64. The van der Waals surface area contributed by atoms with E-state index in [4.69, 9.17) is 0 Å². The molecule has 1 heterocycles. The van der Waals surface area contributed by atoms with Gasteiger partial charge < -0.3 is 10.0 Å². The van der Waals surface area contributed by atoms with Gasteiger partial charge in [0.25, 0.3) is 0 Å². The van der Waals surface area contributed by atoms with E-state index in [2.05, 4.69) is 30.8 Å². The van der Waals surface area contributed by atoms with E-state index in [1.54, 1.807) is 13.1 Å². The third kappa shape index (κ3) is 3.20. The van der Waals surface area contributed by atoms with E-state index in [-0.39, 0.29) is 0 Å². The highest BCUT2D eigenvalue weighted by Crippen LogP contribution is 2.17. The van der Waals surface area contributed by atoms with Crippen LogP contribution >= 0.6 is 0 Å². The summed E-state index contributed by atoms with van der Waals surface area (Å²) < 4.78 is 0. The molecule has 0 aliphatic rings. The highest BCUT2D eigenvalue weighted by atomic mass is 16.3. The molecular weight excluding hydrogens is 200 g/mol. The molecule has 1 rings (SSSR count). The molecular formula is C13H22N2O. The zero-order chi connectivity index (χ0) is 12.1. The van der Waals surface area contributed by atoms with Gasteiger partial charge in [0.05, 0.1) is 6.10 Å². The molecule has 0 amide bonds. The molecule has 1 N–H and O–H groups in total. The predicted octanol–water partition coefficient (Wildman–Crippen LogP) is 2.76. The van der Waals surface area contributed by atoms with Gasteiger partial charge >= 0.3 is 0 Å². The summed E-state index contributed by atoms with van der Waals surface area (Å²) in [7, 11) is 2.06. The molecule has 3 heteroatoms. The van der Waals surface area contributed by atoms with Crippen LogP contribution < -0.4 is 4.90 Å². The van der Waals surface area contributed by atoms with Gasteiger partial charge in [-0.1, -0.05) is 19.4 Å². The van der Waals surface area contributed by atoms with Gasteiger partial charge in [-0.05, 0) is 31.9 Å². The summed E-state index contributed by atoms with van der Waals surface area (Å²) in [5.41, 5.74) is 0.861. The van der Waals surface area contributed by atoms with Crippen molar-refractivity contribution in [1.82, 2.24) is 4.98 Å².